The Labute approximate surface area is 191 Å². The van der Waals surface area contributed by atoms with E-state index >= 15 is 0 Å². The van der Waals surface area contributed by atoms with Crippen molar-refractivity contribution in [2.24, 2.45) is 0 Å². The van der Waals surface area contributed by atoms with E-state index in [0.717, 1.165) is 21.3 Å². The Morgan fingerprint density at radius 1 is 1.12 bits per heavy atom. The molecule has 0 radical (unpaired) electrons. The third-order valence-electron chi connectivity index (χ3n) is 5.06. The molecule has 4 rings (SSSR count). The molecule has 2 heterocycles. The van der Waals surface area contributed by atoms with Crippen molar-refractivity contribution in [2.75, 3.05) is 0 Å². The van der Waals surface area contributed by atoms with Crippen LogP contribution in [0.15, 0.2) is 48.5 Å². The molecule has 2 aromatic carbocycles. The molecule has 4 aromatic rings. The van der Waals surface area contributed by atoms with Gasteiger partial charge in [-0.25, -0.2) is 14.9 Å². The molecule has 0 atom stereocenters. The Morgan fingerprint density at radius 2 is 1.82 bits per heavy atom. The van der Waals surface area contributed by atoms with Crippen LogP contribution in [0.5, 0.6) is 5.88 Å². The van der Waals surface area contributed by atoms with Crippen molar-refractivity contribution in [3.05, 3.63) is 65.6 Å². The number of hydrogen-bond acceptors (Lipinski definition) is 6. The largest absolute Gasteiger partial charge is 0.512 e. The van der Waals surface area contributed by atoms with Crippen molar-refractivity contribution < 1.29 is 27.8 Å². The van der Waals surface area contributed by atoms with Gasteiger partial charge in [0.2, 0.25) is 11.6 Å². The summed E-state index contributed by atoms with van der Waals surface area (Å²) < 4.78 is 46.2. The highest BCUT2D eigenvalue weighted by Gasteiger charge is 2.41. The van der Waals surface area contributed by atoms with Crippen molar-refractivity contribution >= 4 is 6.16 Å². The van der Waals surface area contributed by atoms with E-state index < -0.39 is 23.9 Å². The van der Waals surface area contributed by atoms with Gasteiger partial charge >= 0.3 is 12.3 Å². The summed E-state index contributed by atoms with van der Waals surface area (Å²) in [5.74, 6) is -0.244. The second-order valence-electron chi connectivity index (χ2n) is 7.38. The van der Waals surface area contributed by atoms with Gasteiger partial charge in [-0.2, -0.15) is 13.2 Å². The number of aromatic nitrogens is 6. The summed E-state index contributed by atoms with van der Waals surface area (Å²) >= 11 is 0. The molecule has 0 aliphatic carbocycles. The highest BCUT2D eigenvalue weighted by Crippen LogP contribution is 2.37. The lowest BCUT2D eigenvalue weighted by Crippen LogP contribution is -2.15. The number of imidazole rings is 1. The number of rotatable bonds is 7. The standard InChI is InChI=1S/C22H19F3N6O3/c1-2-5-17-26-18(22(23,24)25)20(34-21(32)33)31(17)12-13-8-10-14(11-9-13)15-6-3-4-7-16(15)19-27-29-30-28-19/h3-4,6-11H,2,5,12H2,1H3,(H,32,33)(H,27,28,29,30). The highest BCUT2D eigenvalue weighted by molar-refractivity contribution is 5.80. The maximum absolute atomic E-state index is 13.5. The lowest BCUT2D eigenvalue weighted by Gasteiger charge is -2.13. The average molecular weight is 472 g/mol. The maximum atomic E-state index is 13.5. The molecule has 0 bridgehead atoms. The smallest absolute Gasteiger partial charge is 0.449 e. The molecule has 0 aliphatic heterocycles. The van der Waals surface area contributed by atoms with Crippen LogP contribution in [-0.2, 0) is 19.1 Å². The number of carbonyl (C=O) groups is 1. The SMILES string of the molecule is CCCc1nc(C(F)(F)F)c(OC(=O)O)n1Cc1ccc(-c2ccccc2-c2nnn[nH]2)cc1. The molecule has 0 saturated carbocycles. The van der Waals surface area contributed by atoms with Gasteiger partial charge in [-0.3, -0.25) is 4.57 Å². The number of aromatic amines is 1. The minimum absolute atomic E-state index is 0.0466. The number of alkyl halides is 3. The zero-order valence-electron chi connectivity index (χ0n) is 17.9. The summed E-state index contributed by atoms with van der Waals surface area (Å²) in [5.41, 5.74) is 1.77. The molecule has 34 heavy (non-hydrogen) atoms. The fourth-order valence-corrected chi connectivity index (χ4v) is 3.62. The van der Waals surface area contributed by atoms with Gasteiger partial charge in [0.25, 0.3) is 0 Å². The number of ether oxygens (including phenoxy) is 1. The van der Waals surface area contributed by atoms with Crippen LogP contribution >= 0.6 is 0 Å². The van der Waals surface area contributed by atoms with Crippen LogP contribution in [0.4, 0.5) is 18.0 Å². The molecule has 0 aliphatic rings. The normalized spacial score (nSPS) is 11.5. The number of benzene rings is 2. The topological polar surface area (TPSA) is 119 Å². The fraction of sp³-hybridized carbons (Fsp3) is 0.227. The monoisotopic (exact) mass is 472 g/mol. The van der Waals surface area contributed by atoms with E-state index in [-0.39, 0.29) is 18.8 Å². The van der Waals surface area contributed by atoms with E-state index in [9.17, 15) is 18.0 Å². The summed E-state index contributed by atoms with van der Waals surface area (Å²) in [5, 5.41) is 22.9. The number of nitrogens with one attached hydrogen (secondary N) is 1. The summed E-state index contributed by atoms with van der Waals surface area (Å²) in [6.45, 7) is 1.75. The van der Waals surface area contributed by atoms with Crippen LogP contribution in [0.3, 0.4) is 0 Å². The quantitative estimate of drug-likeness (QED) is 0.371. The Kier molecular flexibility index (Phi) is 6.30. The summed E-state index contributed by atoms with van der Waals surface area (Å²) in [4.78, 5) is 14.8. The third-order valence-corrected chi connectivity index (χ3v) is 5.06. The number of halogens is 3. The predicted molar refractivity (Wildman–Crippen MR) is 114 cm³/mol. The first kappa shape index (κ1) is 23.0. The molecule has 0 fully saturated rings. The minimum Gasteiger partial charge on any atom is -0.449 e. The van der Waals surface area contributed by atoms with E-state index in [1.807, 2.05) is 36.4 Å². The molecule has 2 N–H and O–H groups in total. The van der Waals surface area contributed by atoms with Crippen LogP contribution in [0.25, 0.3) is 22.5 Å². The summed E-state index contributed by atoms with van der Waals surface area (Å²) in [7, 11) is 0. The second-order valence-corrected chi connectivity index (χ2v) is 7.38. The van der Waals surface area contributed by atoms with Crippen LogP contribution < -0.4 is 4.74 Å². The van der Waals surface area contributed by atoms with Crippen LogP contribution in [0, 0.1) is 0 Å². The Morgan fingerprint density at radius 3 is 2.41 bits per heavy atom. The lowest BCUT2D eigenvalue weighted by atomic mass is 9.98. The van der Waals surface area contributed by atoms with Gasteiger partial charge in [-0.1, -0.05) is 55.5 Å². The minimum atomic E-state index is -4.86. The van der Waals surface area contributed by atoms with Gasteiger partial charge in [0.05, 0.1) is 6.54 Å². The number of hydrogen-bond donors (Lipinski definition) is 2. The van der Waals surface area contributed by atoms with Crippen LogP contribution in [0.1, 0.15) is 30.4 Å². The van der Waals surface area contributed by atoms with E-state index in [4.69, 9.17) is 5.11 Å². The maximum Gasteiger partial charge on any atom is 0.512 e. The molecule has 0 saturated heterocycles. The second kappa shape index (κ2) is 9.33. The van der Waals surface area contributed by atoms with Gasteiger partial charge in [-0.15, -0.1) is 5.10 Å². The first-order valence-corrected chi connectivity index (χ1v) is 10.3. The number of tetrazole rings is 1. The van der Waals surface area contributed by atoms with Gasteiger partial charge in [0, 0.05) is 12.0 Å². The van der Waals surface area contributed by atoms with Gasteiger partial charge in [0.1, 0.15) is 5.82 Å². The first-order chi connectivity index (χ1) is 16.3. The Hall–Kier alpha value is -4.22. The number of aryl methyl sites for hydroxylation is 1. The molecule has 9 nitrogen and oxygen atoms in total. The van der Waals surface area contributed by atoms with Gasteiger partial charge < -0.3 is 9.84 Å². The molecule has 176 valence electrons. The number of nitrogens with zero attached hydrogens (tertiary/aromatic N) is 5. The molecule has 0 amide bonds. The molecule has 0 spiro atoms. The van der Waals surface area contributed by atoms with Crippen molar-refractivity contribution in [2.45, 2.75) is 32.5 Å². The van der Waals surface area contributed by atoms with E-state index in [1.54, 1.807) is 19.1 Å². The molecule has 12 heteroatoms. The first-order valence-electron chi connectivity index (χ1n) is 10.3. The molecular formula is C22H19F3N6O3. The van der Waals surface area contributed by atoms with Crippen molar-refractivity contribution in [3.63, 3.8) is 0 Å². The predicted octanol–water partition coefficient (Wildman–Crippen LogP) is 4.81. The van der Waals surface area contributed by atoms with Gasteiger partial charge in [-0.05, 0) is 33.5 Å². The van der Waals surface area contributed by atoms with E-state index in [1.165, 1.54) is 0 Å². The van der Waals surface area contributed by atoms with E-state index in [2.05, 4.69) is 30.3 Å². The Balaban J connectivity index is 1.70. The number of H-pyrrole nitrogens is 1. The molecular weight excluding hydrogens is 453 g/mol. The summed E-state index contributed by atoms with van der Waals surface area (Å²) in [6.07, 6.45) is -5.96. The molecule has 0 unspecified atom stereocenters. The van der Waals surface area contributed by atoms with Crippen LogP contribution in [0.2, 0.25) is 0 Å². The zero-order valence-corrected chi connectivity index (χ0v) is 17.9. The Bertz CT molecular complexity index is 1280. The van der Waals surface area contributed by atoms with Crippen molar-refractivity contribution in [3.8, 4) is 28.4 Å². The molecule has 2 aromatic heterocycles. The zero-order chi connectivity index (χ0) is 24.3. The summed E-state index contributed by atoms with van der Waals surface area (Å²) in [6, 6.07) is 14.6. The average Bonchev–Trinajstić information content (AvgIpc) is 3.44. The number of carboxylic acid groups (broad SMARTS) is 1. The van der Waals surface area contributed by atoms with Gasteiger partial charge in [0.15, 0.2) is 5.82 Å². The van der Waals surface area contributed by atoms with Crippen LogP contribution in [-0.4, -0.2) is 41.4 Å². The van der Waals surface area contributed by atoms with E-state index in [0.29, 0.717) is 17.8 Å². The van der Waals surface area contributed by atoms with Crippen molar-refractivity contribution in [1.29, 1.82) is 0 Å². The fourth-order valence-electron chi connectivity index (χ4n) is 3.62. The lowest BCUT2D eigenvalue weighted by molar-refractivity contribution is -0.142. The highest BCUT2D eigenvalue weighted by atomic mass is 19.4. The third kappa shape index (κ3) is 4.75. The van der Waals surface area contributed by atoms with Crippen molar-refractivity contribution in [1.82, 2.24) is 30.2 Å².